The highest BCUT2D eigenvalue weighted by atomic mass is 79.9. The van der Waals surface area contributed by atoms with Crippen LogP contribution in [0.5, 0.6) is 5.75 Å². The highest BCUT2D eigenvalue weighted by Gasteiger charge is 2.14. The maximum atomic E-state index is 12.7. The third-order valence-corrected chi connectivity index (χ3v) is 4.60. The monoisotopic (exact) mass is 438 g/mol. The van der Waals surface area contributed by atoms with Gasteiger partial charge in [0, 0.05) is 10.2 Å². The Labute approximate surface area is 171 Å². The SMILES string of the molecule is COc1ccc(NC(=O)c2ccccc2NC(=O)Cc2ccc(Br)cc2)cc1. The van der Waals surface area contributed by atoms with E-state index in [1.165, 1.54) is 0 Å². The van der Waals surface area contributed by atoms with Crippen molar-refractivity contribution in [1.82, 2.24) is 0 Å². The Morgan fingerprint density at radius 2 is 1.57 bits per heavy atom. The molecule has 2 N–H and O–H groups in total. The van der Waals surface area contributed by atoms with E-state index >= 15 is 0 Å². The van der Waals surface area contributed by atoms with E-state index in [-0.39, 0.29) is 18.2 Å². The first kappa shape index (κ1) is 19.6. The lowest BCUT2D eigenvalue weighted by Crippen LogP contribution is -2.19. The Kier molecular flexibility index (Phi) is 6.45. The van der Waals surface area contributed by atoms with E-state index in [4.69, 9.17) is 4.74 Å². The molecule has 0 unspecified atom stereocenters. The third-order valence-electron chi connectivity index (χ3n) is 4.07. The number of hydrogen-bond acceptors (Lipinski definition) is 3. The molecule has 0 aliphatic rings. The number of benzene rings is 3. The van der Waals surface area contributed by atoms with Crippen LogP contribution >= 0.6 is 15.9 Å². The molecule has 142 valence electrons. The lowest BCUT2D eigenvalue weighted by atomic mass is 10.1. The van der Waals surface area contributed by atoms with Gasteiger partial charge in [0.25, 0.3) is 5.91 Å². The number of halogens is 1. The zero-order chi connectivity index (χ0) is 19.9. The Bertz CT molecular complexity index is 970. The van der Waals surface area contributed by atoms with Gasteiger partial charge in [-0.15, -0.1) is 0 Å². The van der Waals surface area contributed by atoms with Crippen molar-refractivity contribution in [2.75, 3.05) is 17.7 Å². The van der Waals surface area contributed by atoms with E-state index in [1.54, 1.807) is 55.6 Å². The molecule has 5 nitrogen and oxygen atoms in total. The predicted octanol–water partition coefficient (Wildman–Crippen LogP) is 4.89. The van der Waals surface area contributed by atoms with Gasteiger partial charge in [0.2, 0.25) is 5.91 Å². The average Bonchev–Trinajstić information content (AvgIpc) is 2.70. The molecule has 2 amide bonds. The normalized spacial score (nSPS) is 10.2. The maximum Gasteiger partial charge on any atom is 0.257 e. The molecule has 0 fully saturated rings. The van der Waals surface area contributed by atoms with E-state index in [0.29, 0.717) is 22.7 Å². The molecule has 3 rings (SSSR count). The Morgan fingerprint density at radius 1 is 0.893 bits per heavy atom. The number of ether oxygens (including phenoxy) is 1. The van der Waals surface area contributed by atoms with Crippen molar-refractivity contribution in [3.63, 3.8) is 0 Å². The van der Waals surface area contributed by atoms with Crippen molar-refractivity contribution in [1.29, 1.82) is 0 Å². The first-order valence-corrected chi connectivity index (χ1v) is 9.43. The van der Waals surface area contributed by atoms with E-state index < -0.39 is 0 Å². The van der Waals surface area contributed by atoms with E-state index in [9.17, 15) is 9.59 Å². The smallest absolute Gasteiger partial charge is 0.257 e. The summed E-state index contributed by atoms with van der Waals surface area (Å²) >= 11 is 3.37. The molecule has 3 aromatic rings. The van der Waals surface area contributed by atoms with Gasteiger partial charge in [-0.25, -0.2) is 0 Å². The van der Waals surface area contributed by atoms with Crippen LogP contribution in [0.3, 0.4) is 0 Å². The minimum absolute atomic E-state index is 0.188. The molecule has 0 aromatic heterocycles. The summed E-state index contributed by atoms with van der Waals surface area (Å²) in [5.41, 5.74) is 2.39. The van der Waals surface area contributed by atoms with Crippen molar-refractivity contribution >= 4 is 39.1 Å². The van der Waals surface area contributed by atoms with Gasteiger partial charge < -0.3 is 15.4 Å². The second-order valence-electron chi connectivity index (χ2n) is 6.08. The number of carbonyl (C=O) groups excluding carboxylic acids is 2. The largest absolute Gasteiger partial charge is 0.497 e. The number of nitrogens with one attached hydrogen (secondary N) is 2. The molecule has 3 aromatic carbocycles. The fourth-order valence-corrected chi connectivity index (χ4v) is 2.91. The van der Waals surface area contributed by atoms with Crippen molar-refractivity contribution < 1.29 is 14.3 Å². The molecular formula is C22H19BrN2O3. The predicted molar refractivity (Wildman–Crippen MR) is 114 cm³/mol. The quantitative estimate of drug-likeness (QED) is 0.575. The summed E-state index contributed by atoms with van der Waals surface area (Å²) in [6.07, 6.45) is 0.224. The van der Waals surface area contributed by atoms with E-state index in [1.807, 2.05) is 24.3 Å². The fourth-order valence-electron chi connectivity index (χ4n) is 2.64. The molecule has 6 heteroatoms. The number of rotatable bonds is 6. The Morgan fingerprint density at radius 3 is 2.25 bits per heavy atom. The molecule has 0 heterocycles. The molecule has 28 heavy (non-hydrogen) atoms. The van der Waals surface area contributed by atoms with Crippen LogP contribution in [0, 0.1) is 0 Å². The number of methoxy groups -OCH3 is 1. The van der Waals surface area contributed by atoms with Gasteiger partial charge in [-0.05, 0) is 54.1 Å². The van der Waals surface area contributed by atoms with Gasteiger partial charge in [0.15, 0.2) is 0 Å². The van der Waals surface area contributed by atoms with E-state index in [2.05, 4.69) is 26.6 Å². The van der Waals surface area contributed by atoms with Crippen LogP contribution < -0.4 is 15.4 Å². The number of hydrogen-bond donors (Lipinski definition) is 2. The average molecular weight is 439 g/mol. The summed E-state index contributed by atoms with van der Waals surface area (Å²) in [5, 5.41) is 5.66. The summed E-state index contributed by atoms with van der Waals surface area (Å²) in [7, 11) is 1.58. The molecule has 0 aliphatic heterocycles. The summed E-state index contributed by atoms with van der Waals surface area (Å²) < 4.78 is 6.07. The first-order valence-electron chi connectivity index (χ1n) is 8.64. The van der Waals surface area contributed by atoms with Crippen LogP contribution in [0.15, 0.2) is 77.3 Å². The Hall–Kier alpha value is -3.12. The van der Waals surface area contributed by atoms with Crippen LogP contribution in [0.1, 0.15) is 15.9 Å². The lowest BCUT2D eigenvalue weighted by Gasteiger charge is -2.12. The summed E-state index contributed by atoms with van der Waals surface area (Å²) in [5.74, 6) is 0.218. The maximum absolute atomic E-state index is 12.7. The standard InChI is InChI=1S/C22H19BrN2O3/c1-28-18-12-10-17(11-13-18)24-22(27)19-4-2-3-5-20(19)25-21(26)14-15-6-8-16(23)9-7-15/h2-13H,14H2,1H3,(H,24,27)(H,25,26). The number of para-hydroxylation sites is 1. The van der Waals surface area contributed by atoms with Crippen molar-refractivity contribution in [2.24, 2.45) is 0 Å². The summed E-state index contributed by atoms with van der Waals surface area (Å²) in [6, 6.07) is 21.5. The lowest BCUT2D eigenvalue weighted by molar-refractivity contribution is -0.115. The molecule has 0 spiro atoms. The third kappa shape index (κ3) is 5.20. The second kappa shape index (κ2) is 9.19. The van der Waals surface area contributed by atoms with Gasteiger partial charge in [-0.2, -0.15) is 0 Å². The van der Waals surface area contributed by atoms with Gasteiger partial charge >= 0.3 is 0 Å². The zero-order valence-electron chi connectivity index (χ0n) is 15.2. The molecule has 0 saturated carbocycles. The van der Waals surface area contributed by atoms with Gasteiger partial charge in [0.05, 0.1) is 24.8 Å². The second-order valence-corrected chi connectivity index (χ2v) is 7.00. The molecule has 0 atom stereocenters. The first-order chi connectivity index (χ1) is 13.5. The van der Waals surface area contributed by atoms with E-state index in [0.717, 1.165) is 10.0 Å². The summed E-state index contributed by atoms with van der Waals surface area (Å²) in [4.78, 5) is 25.1. The Balaban J connectivity index is 1.69. The minimum atomic E-state index is -0.301. The van der Waals surface area contributed by atoms with Crippen LogP contribution in [-0.2, 0) is 11.2 Å². The van der Waals surface area contributed by atoms with Crippen LogP contribution in [0.2, 0.25) is 0 Å². The van der Waals surface area contributed by atoms with Crippen LogP contribution in [-0.4, -0.2) is 18.9 Å². The van der Waals surface area contributed by atoms with Crippen molar-refractivity contribution in [3.05, 3.63) is 88.4 Å². The molecule has 0 saturated heterocycles. The minimum Gasteiger partial charge on any atom is -0.497 e. The molecule has 0 bridgehead atoms. The van der Waals surface area contributed by atoms with Crippen molar-refractivity contribution in [3.8, 4) is 5.75 Å². The van der Waals surface area contributed by atoms with Gasteiger partial charge in [0.1, 0.15) is 5.75 Å². The fraction of sp³-hybridized carbons (Fsp3) is 0.0909. The van der Waals surface area contributed by atoms with Crippen molar-refractivity contribution in [2.45, 2.75) is 6.42 Å². The topological polar surface area (TPSA) is 67.4 Å². The number of anilines is 2. The zero-order valence-corrected chi connectivity index (χ0v) is 16.8. The van der Waals surface area contributed by atoms with Crippen LogP contribution in [0.25, 0.3) is 0 Å². The van der Waals surface area contributed by atoms with Gasteiger partial charge in [-0.1, -0.05) is 40.2 Å². The highest BCUT2D eigenvalue weighted by molar-refractivity contribution is 9.10. The highest BCUT2D eigenvalue weighted by Crippen LogP contribution is 2.20. The molecule has 0 aliphatic carbocycles. The van der Waals surface area contributed by atoms with Crippen LogP contribution in [0.4, 0.5) is 11.4 Å². The molecular weight excluding hydrogens is 420 g/mol. The number of carbonyl (C=O) groups is 2. The summed E-state index contributed by atoms with van der Waals surface area (Å²) in [6.45, 7) is 0. The molecule has 0 radical (unpaired) electrons. The number of amides is 2. The van der Waals surface area contributed by atoms with Gasteiger partial charge in [-0.3, -0.25) is 9.59 Å².